The molecule has 11 aliphatic rings. The van der Waals surface area contributed by atoms with Gasteiger partial charge in [-0.15, -0.1) is 0 Å². The van der Waals surface area contributed by atoms with Crippen molar-refractivity contribution in [3.8, 4) is 11.5 Å². The zero-order valence-corrected chi connectivity index (χ0v) is 62.1. The molecule has 0 unspecified atom stereocenters. The molecule has 5 aromatic rings. The number of aromatic hydroxyl groups is 1. The van der Waals surface area contributed by atoms with Crippen molar-refractivity contribution in [2.75, 3.05) is 31.1 Å². The maximum Gasteiger partial charge on any atom is 0.216 e. The van der Waals surface area contributed by atoms with Crippen LogP contribution in [0.25, 0.3) is 0 Å². The Morgan fingerprint density at radius 1 is 0.571 bits per heavy atom. The van der Waals surface area contributed by atoms with Gasteiger partial charge in [0.05, 0.1) is 83.7 Å². The highest BCUT2D eigenvalue weighted by molar-refractivity contribution is 6.59. The third kappa shape index (κ3) is 17.0. The van der Waals surface area contributed by atoms with Gasteiger partial charge in [0.15, 0.2) is 17.4 Å². The average Bonchev–Trinajstić information content (AvgIpc) is 0.747. The molecule has 6 aliphatic heterocycles. The monoisotopic (exact) mass is 1490 g/mol. The average molecular weight is 1490 g/mol. The number of phenolic OH excluding ortho intramolecular Hbond substituents is 1. The number of halogens is 5. The number of aryl methyl sites for hydroxylation is 3. The van der Waals surface area contributed by atoms with Crippen molar-refractivity contribution in [3.05, 3.63) is 244 Å². The highest BCUT2D eigenvalue weighted by Gasteiger charge is 2.38. The summed E-state index contributed by atoms with van der Waals surface area (Å²) in [5.74, 6) is -0.754. The van der Waals surface area contributed by atoms with Crippen molar-refractivity contribution in [2.45, 2.75) is 144 Å². The lowest BCUT2D eigenvalue weighted by Crippen LogP contribution is -2.33. The van der Waals surface area contributed by atoms with Crippen LogP contribution >= 0.6 is 46.4 Å². The second-order valence-corrected chi connectivity index (χ2v) is 29.1. The summed E-state index contributed by atoms with van der Waals surface area (Å²) >= 11 is 24.1. The highest BCUT2D eigenvalue weighted by Crippen LogP contribution is 2.47. The second kappa shape index (κ2) is 33.4. The van der Waals surface area contributed by atoms with E-state index in [1.807, 2.05) is 42.5 Å². The molecule has 0 saturated carbocycles. The van der Waals surface area contributed by atoms with Crippen LogP contribution in [-0.2, 0) is 74.3 Å². The van der Waals surface area contributed by atoms with E-state index in [0.29, 0.717) is 55.3 Å². The van der Waals surface area contributed by atoms with Crippen LogP contribution in [0.15, 0.2) is 218 Å². The van der Waals surface area contributed by atoms with Gasteiger partial charge >= 0.3 is 0 Å². The molecule has 540 valence electrons. The minimum Gasteiger partial charge on any atom is -0.508 e. The fraction of sp³-hybridized carbons (Fsp3) is 0.302. The van der Waals surface area contributed by atoms with Crippen LogP contribution in [0.5, 0.6) is 11.5 Å². The number of nitrogens with zero attached hydrogens (tertiary/aromatic N) is 6. The minimum atomic E-state index is -0.735. The second-order valence-electron chi connectivity index (χ2n) is 27.5. The lowest BCUT2D eigenvalue weighted by atomic mass is 9.71. The van der Waals surface area contributed by atoms with Gasteiger partial charge < -0.3 is 20.5 Å². The molecule has 14 nitrogen and oxygen atoms in total. The van der Waals surface area contributed by atoms with Gasteiger partial charge in [0.1, 0.15) is 11.5 Å². The zero-order valence-electron chi connectivity index (χ0n) is 59.1. The minimum absolute atomic E-state index is 0. The number of benzene rings is 5. The molecule has 1 saturated heterocycles. The van der Waals surface area contributed by atoms with E-state index >= 15 is 0 Å². The van der Waals surface area contributed by atoms with Gasteiger partial charge in [0, 0.05) is 67.1 Å². The summed E-state index contributed by atoms with van der Waals surface area (Å²) in [5.41, 5.74) is 29.3. The van der Waals surface area contributed by atoms with Crippen LogP contribution in [0.1, 0.15) is 137 Å². The van der Waals surface area contributed by atoms with Gasteiger partial charge in [-0.2, -0.15) is 0 Å². The molecule has 0 radical (unpaired) electrons. The summed E-state index contributed by atoms with van der Waals surface area (Å²) < 4.78 is 19.3. The van der Waals surface area contributed by atoms with Crippen molar-refractivity contribution in [1.82, 2.24) is 0 Å². The van der Waals surface area contributed by atoms with E-state index in [1.54, 1.807) is 48.6 Å². The van der Waals surface area contributed by atoms with Gasteiger partial charge in [-0.1, -0.05) is 119 Å². The molecule has 6 heterocycles. The van der Waals surface area contributed by atoms with E-state index in [-0.39, 0.29) is 56.1 Å². The first-order chi connectivity index (χ1) is 50.0. The number of hydrogen-bond acceptors (Lipinski definition) is 14. The first-order valence-electron chi connectivity index (χ1n) is 35.5. The van der Waals surface area contributed by atoms with Crippen molar-refractivity contribution >= 4 is 138 Å². The molecule has 0 bridgehead atoms. The molecule has 19 heteroatoms. The normalized spacial score (nSPS) is 17.9. The predicted molar refractivity (Wildman–Crippen MR) is 426 cm³/mol. The van der Waals surface area contributed by atoms with Crippen LogP contribution < -0.4 is 15.4 Å². The number of ether oxygens (including phenoxy) is 1. The maximum atomic E-state index is 13.7. The van der Waals surface area contributed by atoms with E-state index in [9.17, 15) is 33.5 Å². The molecule has 0 aromatic heterocycles. The number of Topliss-reactive ketones (excluding diaryl/α,β-unsaturated/α-hetero) is 2. The summed E-state index contributed by atoms with van der Waals surface area (Å²) in [6.07, 6.45) is 29.3. The van der Waals surface area contributed by atoms with Crippen LogP contribution in [0, 0.1) is 6.92 Å². The van der Waals surface area contributed by atoms with E-state index in [0.717, 1.165) is 153 Å². The Morgan fingerprint density at radius 2 is 1.15 bits per heavy atom. The van der Waals surface area contributed by atoms with Gasteiger partial charge in [0.2, 0.25) is 17.3 Å². The van der Waals surface area contributed by atoms with Crippen molar-refractivity contribution in [3.63, 3.8) is 0 Å². The molecule has 5 aliphatic carbocycles. The number of piperidine rings is 1. The van der Waals surface area contributed by atoms with Gasteiger partial charge in [-0.3, -0.25) is 24.0 Å². The number of allylic oxidation sites excluding steroid dienone is 20. The molecule has 0 spiro atoms. The number of carbonyl (C=O) groups excluding carboxylic acids is 5. The van der Waals surface area contributed by atoms with E-state index < -0.39 is 11.6 Å². The molecule has 3 N–H and O–H groups in total. The fourth-order valence-corrected chi connectivity index (χ4v) is 15.1. The third-order valence-electron chi connectivity index (χ3n) is 19.7. The van der Waals surface area contributed by atoms with Crippen LogP contribution in [0.2, 0.25) is 0 Å². The van der Waals surface area contributed by atoms with Crippen LogP contribution in [0.3, 0.4) is 0 Å². The Balaban J connectivity index is 0.000000131. The van der Waals surface area contributed by atoms with E-state index in [4.69, 9.17) is 56.9 Å². The van der Waals surface area contributed by atoms with E-state index in [1.165, 1.54) is 72.2 Å². The number of phenols is 1. The number of nitrogens with two attached hydrogens (primary N) is 1. The number of aliphatic imine (C=N–C) groups is 5. The molecule has 0 amide bonds. The summed E-state index contributed by atoms with van der Waals surface area (Å²) in [6.45, 7) is 16.1. The fourth-order valence-electron chi connectivity index (χ4n) is 14.1. The number of carbonyl (C=O) groups is 5. The molecular weight excluding hydrogens is 1400 g/mol. The Kier molecular flexibility index (Phi) is 24.4. The molecule has 16 rings (SSSR count). The smallest absolute Gasteiger partial charge is 0.216 e. The van der Waals surface area contributed by atoms with E-state index in [2.05, 4.69) is 108 Å². The molecule has 5 aromatic carbocycles. The predicted octanol–water partition coefficient (Wildman–Crippen LogP) is 19.4. The summed E-state index contributed by atoms with van der Waals surface area (Å²) in [4.78, 5) is 83.7. The van der Waals surface area contributed by atoms with Crippen LogP contribution in [0.4, 0.5) is 38.5 Å². The quantitative estimate of drug-likeness (QED) is 0.120. The number of hydrogen-bond donors (Lipinski definition) is 2. The number of ketones is 5. The summed E-state index contributed by atoms with van der Waals surface area (Å²) in [6, 6.07) is 26.3. The zero-order chi connectivity index (χ0) is 73.7. The van der Waals surface area contributed by atoms with Crippen molar-refractivity contribution < 1.29 is 38.2 Å². The van der Waals surface area contributed by atoms with Gasteiger partial charge in [-0.25, -0.2) is 29.4 Å². The van der Waals surface area contributed by atoms with Gasteiger partial charge in [0.25, 0.3) is 0 Å². The maximum absolute atomic E-state index is 13.7. The number of anilines is 1. The SMILES string of the molecule is C.CC1(C)C2=CC(=O)C(F)=CC2=Nc2ccc(N3CCCCC3)cc21.CCCCc1ccc2c(c1)CC1=C(Cl)C(=O)C(Cl)=CC1=N2.CCCOc1ccc2c(c1)CC1=C(Cl)C(=O)C(Cl)=CC1=N2.CCCc1cc2c(cc1O)CC1=CC(=O)C=CC1=N2.Cc1ccc2c(c1CCN)CC1=CC(=O)C=CC1=N2. The summed E-state index contributed by atoms with van der Waals surface area (Å²) in [5, 5.41) is 10.6. The third-order valence-corrected chi connectivity index (χ3v) is 21.1. The Labute approximate surface area is 633 Å². The summed E-state index contributed by atoms with van der Waals surface area (Å²) in [7, 11) is 0. The van der Waals surface area contributed by atoms with Crippen molar-refractivity contribution in [1.29, 1.82) is 0 Å². The number of fused-ring (bicyclic) bond motifs is 10. The highest BCUT2D eigenvalue weighted by atomic mass is 35.5. The first kappa shape index (κ1) is 76.8. The number of unbranched alkanes of at least 4 members (excludes halogenated alkanes) is 1. The lowest BCUT2D eigenvalue weighted by Gasteiger charge is -2.36. The van der Waals surface area contributed by atoms with Crippen LogP contribution in [-0.4, -0.2) is 88.8 Å². The Hall–Kier alpha value is -9.35. The number of rotatable bonds is 11. The molecule has 105 heavy (non-hydrogen) atoms. The Bertz CT molecular complexity index is 4840. The largest absolute Gasteiger partial charge is 0.508 e. The molecular formula is C86H84Cl4FN7O7. The standard InChI is InChI=1S/C20H21FN2O.C17H15Cl2NO.C16H13Cl2NO2.C16H16N2O.C16H15NO2.CH4/c1-20(2)14-10-13(23-8-4-3-5-9-23)6-7-17(14)22-18-12-16(21)19(24)11-15(18)20;1-2-3-4-10-5-6-14-11(7-10)8-12-15(20-14)9-13(18)17(21)16(12)19;1-2-5-21-10-3-4-13-9(6-10)7-11-14(19-13)8-12(17)16(20)15(11)18;1-10-2-4-16-14(13(10)6-7-17)9-11-8-12(19)3-5-15(11)18-16;1-2-3-10-8-15-12(9-16(10)19)6-11-7-13(18)4-5-14(11)17-15;/h6-7,10-12H,3-5,8-9H2,1-2H3;5-7,9H,2-4,8H2,1H3;3-4,6,8H,2,5,7H2,1H3;2-5,8H,6-7,9,17H2,1H3;4-5,7-9,19H,2-3,6H2,1H3;1H4. The lowest BCUT2D eigenvalue weighted by molar-refractivity contribution is -0.113. The first-order valence-corrected chi connectivity index (χ1v) is 37.0. The topological polar surface area (TPSA) is 206 Å². The molecule has 1 fully saturated rings. The van der Waals surface area contributed by atoms with Crippen molar-refractivity contribution in [2.24, 2.45) is 30.7 Å². The molecule has 0 atom stereocenters. The Morgan fingerprint density at radius 3 is 1.78 bits per heavy atom. The van der Waals surface area contributed by atoms with Gasteiger partial charge in [-0.05, 0) is 247 Å².